The van der Waals surface area contributed by atoms with Crippen LogP contribution in [0.25, 0.3) is 5.69 Å². The standard InChI is InChI=1S/C22H23ClN4OS/c1-16-8-9-19(13-20(16)23)27-15-24-25-22(27)29-14-17-6-5-7-18(12-17)21(28)26-10-3-2-4-11-26/h5-9,12-13,15H,2-4,10-11,14H2,1H3. The number of thioether (sulfide) groups is 1. The molecule has 29 heavy (non-hydrogen) atoms. The Morgan fingerprint density at radius 1 is 1.14 bits per heavy atom. The Bertz CT molecular complexity index is 1010. The van der Waals surface area contributed by atoms with Gasteiger partial charge < -0.3 is 4.90 Å². The third-order valence-electron chi connectivity index (χ3n) is 5.14. The zero-order valence-electron chi connectivity index (χ0n) is 16.3. The van der Waals surface area contributed by atoms with Crippen LogP contribution in [0.2, 0.25) is 5.02 Å². The number of carbonyl (C=O) groups is 1. The number of hydrogen-bond donors (Lipinski definition) is 0. The molecular weight excluding hydrogens is 404 g/mol. The lowest BCUT2D eigenvalue weighted by Crippen LogP contribution is -2.35. The zero-order chi connectivity index (χ0) is 20.2. The fourth-order valence-corrected chi connectivity index (χ4v) is 4.50. The minimum Gasteiger partial charge on any atom is -0.339 e. The number of piperidine rings is 1. The molecule has 1 fully saturated rings. The maximum atomic E-state index is 12.8. The summed E-state index contributed by atoms with van der Waals surface area (Å²) in [7, 11) is 0. The van der Waals surface area contributed by atoms with Crippen LogP contribution in [-0.4, -0.2) is 38.7 Å². The number of likely N-dealkylation sites (tertiary alicyclic amines) is 1. The van der Waals surface area contributed by atoms with Gasteiger partial charge in [-0.05, 0) is 61.6 Å². The summed E-state index contributed by atoms with van der Waals surface area (Å²) in [5.74, 6) is 0.841. The van der Waals surface area contributed by atoms with Crippen molar-refractivity contribution in [3.05, 3.63) is 70.5 Å². The van der Waals surface area contributed by atoms with Gasteiger partial charge in [0, 0.05) is 29.4 Å². The van der Waals surface area contributed by atoms with Crippen LogP contribution < -0.4 is 0 Å². The van der Waals surface area contributed by atoms with Crippen molar-refractivity contribution >= 4 is 29.3 Å². The molecule has 0 unspecified atom stereocenters. The minimum absolute atomic E-state index is 0.133. The third kappa shape index (κ3) is 4.65. The Balaban J connectivity index is 1.47. The van der Waals surface area contributed by atoms with Crippen LogP contribution in [0.3, 0.4) is 0 Å². The van der Waals surface area contributed by atoms with Gasteiger partial charge >= 0.3 is 0 Å². The lowest BCUT2D eigenvalue weighted by molar-refractivity contribution is 0.0724. The Labute approximate surface area is 180 Å². The smallest absolute Gasteiger partial charge is 0.253 e. The van der Waals surface area contributed by atoms with E-state index in [0.29, 0.717) is 5.75 Å². The molecule has 1 amide bonds. The van der Waals surface area contributed by atoms with Crippen LogP contribution in [0.15, 0.2) is 53.9 Å². The molecule has 2 aromatic carbocycles. The van der Waals surface area contributed by atoms with Gasteiger partial charge in [-0.2, -0.15) is 0 Å². The maximum Gasteiger partial charge on any atom is 0.253 e. The number of aryl methyl sites for hydroxylation is 1. The fraction of sp³-hybridized carbons (Fsp3) is 0.318. The van der Waals surface area contributed by atoms with Crippen LogP contribution in [0.5, 0.6) is 0 Å². The van der Waals surface area contributed by atoms with E-state index in [1.54, 1.807) is 18.1 Å². The van der Waals surface area contributed by atoms with E-state index in [1.807, 2.05) is 58.9 Å². The first kappa shape index (κ1) is 20.0. The van der Waals surface area contributed by atoms with E-state index in [4.69, 9.17) is 11.6 Å². The van der Waals surface area contributed by atoms with E-state index >= 15 is 0 Å². The number of benzene rings is 2. The first-order valence-corrected chi connectivity index (χ1v) is 11.2. The Hall–Kier alpha value is -2.31. The molecule has 2 heterocycles. The average Bonchev–Trinajstić information content (AvgIpc) is 3.23. The first-order valence-electron chi connectivity index (χ1n) is 9.79. The summed E-state index contributed by atoms with van der Waals surface area (Å²) in [4.78, 5) is 14.7. The number of nitrogens with zero attached hydrogens (tertiary/aromatic N) is 4. The lowest BCUT2D eigenvalue weighted by atomic mass is 10.1. The fourth-order valence-electron chi connectivity index (χ4n) is 3.45. The lowest BCUT2D eigenvalue weighted by Gasteiger charge is -2.26. The zero-order valence-corrected chi connectivity index (χ0v) is 17.9. The van der Waals surface area contributed by atoms with E-state index in [0.717, 1.165) is 58.5 Å². The van der Waals surface area contributed by atoms with Crippen molar-refractivity contribution in [3.8, 4) is 5.69 Å². The molecule has 0 saturated carbocycles. The first-order chi connectivity index (χ1) is 14.1. The molecule has 0 bridgehead atoms. The van der Waals surface area contributed by atoms with Crippen LogP contribution in [0.1, 0.15) is 40.7 Å². The Morgan fingerprint density at radius 3 is 2.76 bits per heavy atom. The van der Waals surface area contributed by atoms with Gasteiger partial charge in [0.25, 0.3) is 5.91 Å². The molecule has 4 rings (SSSR count). The third-order valence-corrected chi connectivity index (χ3v) is 6.56. The van der Waals surface area contributed by atoms with Gasteiger partial charge in [0.2, 0.25) is 0 Å². The van der Waals surface area contributed by atoms with Crippen molar-refractivity contribution in [1.82, 2.24) is 19.7 Å². The van der Waals surface area contributed by atoms with E-state index in [-0.39, 0.29) is 5.91 Å². The number of carbonyl (C=O) groups excluding carboxylic acids is 1. The van der Waals surface area contributed by atoms with Gasteiger partial charge in [0.05, 0.1) is 5.69 Å². The summed E-state index contributed by atoms with van der Waals surface area (Å²) in [6.07, 6.45) is 5.10. The van der Waals surface area contributed by atoms with Gasteiger partial charge in [-0.1, -0.05) is 41.6 Å². The molecule has 0 aliphatic carbocycles. The second-order valence-corrected chi connectivity index (χ2v) is 8.61. The predicted octanol–water partition coefficient (Wildman–Crippen LogP) is 5.15. The number of hydrogen-bond acceptors (Lipinski definition) is 4. The second kappa shape index (κ2) is 9.01. The Morgan fingerprint density at radius 2 is 1.97 bits per heavy atom. The molecule has 1 aliphatic rings. The van der Waals surface area contributed by atoms with E-state index in [1.165, 1.54) is 6.42 Å². The summed E-state index contributed by atoms with van der Waals surface area (Å²) in [6, 6.07) is 13.8. The number of halogens is 1. The van der Waals surface area contributed by atoms with Crippen LogP contribution >= 0.6 is 23.4 Å². The van der Waals surface area contributed by atoms with Crippen molar-refractivity contribution in [2.24, 2.45) is 0 Å². The molecule has 5 nitrogen and oxygen atoms in total. The SMILES string of the molecule is Cc1ccc(-n2cnnc2SCc2cccc(C(=O)N3CCCCC3)c2)cc1Cl. The summed E-state index contributed by atoms with van der Waals surface area (Å²) in [6.45, 7) is 3.70. The van der Waals surface area contributed by atoms with Crippen molar-refractivity contribution in [1.29, 1.82) is 0 Å². The monoisotopic (exact) mass is 426 g/mol. The average molecular weight is 427 g/mol. The maximum absolute atomic E-state index is 12.8. The highest BCUT2D eigenvalue weighted by atomic mass is 35.5. The number of aromatic nitrogens is 3. The molecule has 1 aliphatic heterocycles. The van der Waals surface area contributed by atoms with Crippen molar-refractivity contribution in [2.45, 2.75) is 37.1 Å². The summed E-state index contributed by atoms with van der Waals surface area (Å²) < 4.78 is 1.93. The highest BCUT2D eigenvalue weighted by molar-refractivity contribution is 7.98. The molecule has 1 saturated heterocycles. The van der Waals surface area contributed by atoms with Gasteiger partial charge in [-0.15, -0.1) is 10.2 Å². The van der Waals surface area contributed by atoms with Gasteiger partial charge in [0.15, 0.2) is 5.16 Å². The van der Waals surface area contributed by atoms with E-state index in [2.05, 4.69) is 10.2 Å². The van der Waals surface area contributed by atoms with Crippen molar-refractivity contribution < 1.29 is 4.79 Å². The molecule has 0 atom stereocenters. The molecular formula is C22H23ClN4OS. The van der Waals surface area contributed by atoms with Crippen LogP contribution in [0.4, 0.5) is 0 Å². The Kier molecular flexibility index (Phi) is 6.21. The molecule has 0 radical (unpaired) electrons. The number of amides is 1. The highest BCUT2D eigenvalue weighted by Crippen LogP contribution is 2.26. The van der Waals surface area contributed by atoms with E-state index < -0.39 is 0 Å². The number of rotatable bonds is 5. The van der Waals surface area contributed by atoms with Gasteiger partial charge in [-0.3, -0.25) is 9.36 Å². The normalized spacial score (nSPS) is 14.2. The largest absolute Gasteiger partial charge is 0.339 e. The summed E-state index contributed by atoms with van der Waals surface area (Å²) in [5.41, 5.74) is 3.82. The quantitative estimate of drug-likeness (QED) is 0.529. The molecule has 0 spiro atoms. The molecule has 1 aromatic heterocycles. The second-order valence-electron chi connectivity index (χ2n) is 7.26. The topological polar surface area (TPSA) is 51.0 Å². The van der Waals surface area contributed by atoms with Gasteiger partial charge in [-0.25, -0.2) is 0 Å². The molecule has 3 aromatic rings. The van der Waals surface area contributed by atoms with Crippen LogP contribution in [-0.2, 0) is 5.75 Å². The van der Waals surface area contributed by atoms with E-state index in [9.17, 15) is 4.79 Å². The highest BCUT2D eigenvalue weighted by Gasteiger charge is 2.18. The molecule has 0 N–H and O–H groups in total. The minimum atomic E-state index is 0.133. The molecule has 150 valence electrons. The summed E-state index contributed by atoms with van der Waals surface area (Å²) in [5, 5.41) is 9.81. The predicted molar refractivity (Wildman–Crippen MR) is 117 cm³/mol. The summed E-state index contributed by atoms with van der Waals surface area (Å²) >= 11 is 7.86. The van der Waals surface area contributed by atoms with Crippen LogP contribution in [0, 0.1) is 6.92 Å². The molecule has 7 heteroatoms. The van der Waals surface area contributed by atoms with Gasteiger partial charge in [0.1, 0.15) is 6.33 Å². The van der Waals surface area contributed by atoms with Crippen molar-refractivity contribution in [2.75, 3.05) is 13.1 Å². The van der Waals surface area contributed by atoms with Crippen molar-refractivity contribution in [3.63, 3.8) is 0 Å².